The molecular weight excluding hydrogens is 318 g/mol. The van der Waals surface area contributed by atoms with Gasteiger partial charge in [-0.2, -0.15) is 0 Å². The molecule has 0 aliphatic carbocycles. The van der Waals surface area contributed by atoms with Crippen LogP contribution in [-0.4, -0.2) is 33.6 Å². The van der Waals surface area contributed by atoms with Crippen molar-refractivity contribution in [1.82, 2.24) is 9.47 Å². The van der Waals surface area contributed by atoms with Crippen LogP contribution >= 0.6 is 0 Å². The first-order valence-electron chi connectivity index (χ1n) is 8.32. The molecule has 0 spiro atoms. The monoisotopic (exact) mass is 341 g/mol. The van der Waals surface area contributed by atoms with Crippen molar-refractivity contribution in [2.45, 2.75) is 39.3 Å². The summed E-state index contributed by atoms with van der Waals surface area (Å²) in [5.74, 6) is -0.489. The number of para-hydroxylation sites is 1. The minimum atomic E-state index is -0.556. The largest absolute Gasteiger partial charge is 0.444 e. The molecule has 1 aliphatic heterocycles. The molecule has 0 saturated carbocycles. The van der Waals surface area contributed by atoms with Gasteiger partial charge in [0.1, 0.15) is 5.60 Å². The minimum Gasteiger partial charge on any atom is -0.444 e. The number of primary amides is 1. The van der Waals surface area contributed by atoms with Crippen LogP contribution in [0.4, 0.5) is 4.79 Å². The van der Waals surface area contributed by atoms with Crippen molar-refractivity contribution in [2.75, 3.05) is 6.54 Å². The van der Waals surface area contributed by atoms with Crippen LogP contribution in [0.25, 0.3) is 5.69 Å². The molecule has 132 valence electrons. The standard InChI is InChI=1S/C19H23N3O3/c1-19(2,3)25-18(24)21-10-9-16-14(11-21)15(17(20)23)12-22(16)13-7-5-4-6-8-13/h4-8,12H,9-11H2,1-3H3,(H2,20,23). The zero-order valence-electron chi connectivity index (χ0n) is 14.8. The SMILES string of the molecule is CC(C)(C)OC(=O)N1CCc2c(c(C(N)=O)cn2-c2ccccc2)C1. The highest BCUT2D eigenvalue weighted by Gasteiger charge is 2.30. The Morgan fingerprint density at radius 1 is 1.16 bits per heavy atom. The fraction of sp³-hybridized carbons (Fsp3) is 0.368. The fourth-order valence-electron chi connectivity index (χ4n) is 3.06. The van der Waals surface area contributed by atoms with E-state index in [2.05, 4.69) is 0 Å². The Bertz CT molecular complexity index is 803. The third-order valence-electron chi connectivity index (χ3n) is 4.14. The number of hydrogen-bond donors (Lipinski definition) is 1. The summed E-state index contributed by atoms with van der Waals surface area (Å²) in [5, 5.41) is 0. The summed E-state index contributed by atoms with van der Waals surface area (Å²) in [6, 6.07) is 9.79. The molecule has 1 aromatic carbocycles. The molecule has 0 saturated heterocycles. The van der Waals surface area contributed by atoms with E-state index >= 15 is 0 Å². The molecule has 25 heavy (non-hydrogen) atoms. The van der Waals surface area contributed by atoms with Gasteiger partial charge in [-0.15, -0.1) is 0 Å². The lowest BCUT2D eigenvalue weighted by Crippen LogP contribution is -2.40. The molecule has 2 N–H and O–H groups in total. The van der Waals surface area contributed by atoms with Gasteiger partial charge in [0.2, 0.25) is 0 Å². The molecule has 0 radical (unpaired) electrons. The Morgan fingerprint density at radius 2 is 1.84 bits per heavy atom. The van der Waals surface area contributed by atoms with Gasteiger partial charge in [-0.05, 0) is 32.9 Å². The summed E-state index contributed by atoms with van der Waals surface area (Å²) < 4.78 is 7.44. The van der Waals surface area contributed by atoms with Crippen LogP contribution in [0.5, 0.6) is 0 Å². The first-order valence-corrected chi connectivity index (χ1v) is 8.32. The van der Waals surface area contributed by atoms with Crippen LogP contribution in [-0.2, 0) is 17.7 Å². The van der Waals surface area contributed by atoms with Gasteiger partial charge in [0.15, 0.2) is 0 Å². The number of nitrogens with zero attached hydrogens (tertiary/aromatic N) is 2. The van der Waals surface area contributed by atoms with Gasteiger partial charge < -0.3 is 19.9 Å². The minimum absolute atomic E-state index is 0.322. The highest BCUT2D eigenvalue weighted by Crippen LogP contribution is 2.28. The van der Waals surface area contributed by atoms with Crippen molar-refractivity contribution in [3.8, 4) is 5.69 Å². The lowest BCUT2D eigenvalue weighted by atomic mass is 10.0. The van der Waals surface area contributed by atoms with E-state index in [1.54, 1.807) is 11.1 Å². The van der Waals surface area contributed by atoms with Crippen molar-refractivity contribution in [3.63, 3.8) is 0 Å². The molecule has 6 nitrogen and oxygen atoms in total. The average molecular weight is 341 g/mol. The van der Waals surface area contributed by atoms with Crippen molar-refractivity contribution >= 4 is 12.0 Å². The maximum absolute atomic E-state index is 12.4. The Hall–Kier alpha value is -2.76. The molecule has 2 amide bonds. The molecule has 6 heteroatoms. The smallest absolute Gasteiger partial charge is 0.410 e. The van der Waals surface area contributed by atoms with Crippen molar-refractivity contribution in [2.24, 2.45) is 5.73 Å². The Balaban J connectivity index is 1.95. The highest BCUT2D eigenvalue weighted by molar-refractivity contribution is 5.95. The van der Waals surface area contributed by atoms with Crippen LogP contribution < -0.4 is 5.73 Å². The summed E-state index contributed by atoms with van der Waals surface area (Å²) in [6.07, 6.45) is 2.03. The number of carbonyl (C=O) groups excluding carboxylic acids is 2. The quantitative estimate of drug-likeness (QED) is 0.912. The van der Waals surface area contributed by atoms with E-state index in [1.807, 2.05) is 55.7 Å². The van der Waals surface area contributed by atoms with Gasteiger partial charge in [0, 0.05) is 36.1 Å². The number of aromatic nitrogens is 1. The van der Waals surface area contributed by atoms with E-state index in [-0.39, 0.29) is 6.09 Å². The number of rotatable bonds is 2. The fourth-order valence-corrected chi connectivity index (χ4v) is 3.06. The van der Waals surface area contributed by atoms with Crippen molar-refractivity contribution in [3.05, 3.63) is 53.3 Å². The molecule has 1 aliphatic rings. The van der Waals surface area contributed by atoms with Crippen LogP contribution in [0.2, 0.25) is 0 Å². The van der Waals surface area contributed by atoms with Crippen molar-refractivity contribution in [1.29, 1.82) is 0 Å². The number of hydrogen-bond acceptors (Lipinski definition) is 3. The van der Waals surface area contributed by atoms with Crippen molar-refractivity contribution < 1.29 is 14.3 Å². The van der Waals surface area contributed by atoms with Gasteiger partial charge in [-0.3, -0.25) is 4.79 Å². The molecule has 0 bridgehead atoms. The number of carbonyl (C=O) groups is 2. The lowest BCUT2D eigenvalue weighted by molar-refractivity contribution is 0.0222. The maximum Gasteiger partial charge on any atom is 0.410 e. The van der Waals surface area contributed by atoms with Crippen LogP contribution in [0.15, 0.2) is 36.5 Å². The molecule has 2 aromatic rings. The summed E-state index contributed by atoms with van der Waals surface area (Å²) in [4.78, 5) is 25.9. The molecule has 3 rings (SSSR count). The Kier molecular flexibility index (Phi) is 4.29. The maximum atomic E-state index is 12.4. The number of fused-ring (bicyclic) bond motifs is 1. The topological polar surface area (TPSA) is 77.6 Å². The van der Waals surface area contributed by atoms with Gasteiger partial charge in [-0.1, -0.05) is 18.2 Å². The Morgan fingerprint density at radius 3 is 2.44 bits per heavy atom. The highest BCUT2D eigenvalue weighted by atomic mass is 16.6. The normalized spacial score (nSPS) is 14.1. The third-order valence-corrected chi connectivity index (χ3v) is 4.14. The zero-order chi connectivity index (χ0) is 18.2. The number of ether oxygens (including phenoxy) is 1. The number of nitrogens with two attached hydrogens (primary N) is 1. The number of amides is 2. The molecular formula is C19H23N3O3. The van der Waals surface area contributed by atoms with Crippen LogP contribution in [0.3, 0.4) is 0 Å². The van der Waals surface area contributed by atoms with Gasteiger partial charge in [0.25, 0.3) is 5.91 Å². The van der Waals surface area contributed by atoms with E-state index in [1.165, 1.54) is 0 Å². The summed E-state index contributed by atoms with van der Waals surface area (Å²) >= 11 is 0. The Labute approximate surface area is 147 Å². The second-order valence-corrected chi connectivity index (χ2v) is 7.19. The van der Waals surface area contributed by atoms with E-state index in [9.17, 15) is 9.59 Å². The van der Waals surface area contributed by atoms with E-state index in [0.29, 0.717) is 25.1 Å². The second-order valence-electron chi connectivity index (χ2n) is 7.19. The van der Waals surface area contributed by atoms with Gasteiger partial charge in [0.05, 0.1) is 12.1 Å². The first-order chi connectivity index (χ1) is 11.8. The van der Waals surface area contributed by atoms with Crippen LogP contribution in [0.1, 0.15) is 42.4 Å². The predicted octanol–water partition coefficient (Wildman–Crippen LogP) is 2.87. The summed E-state index contributed by atoms with van der Waals surface area (Å²) in [5.41, 5.74) is 8.24. The van der Waals surface area contributed by atoms with E-state index in [0.717, 1.165) is 16.9 Å². The average Bonchev–Trinajstić information content (AvgIpc) is 2.93. The van der Waals surface area contributed by atoms with Gasteiger partial charge >= 0.3 is 6.09 Å². The lowest BCUT2D eigenvalue weighted by Gasteiger charge is -2.31. The van der Waals surface area contributed by atoms with Crippen LogP contribution in [0, 0.1) is 0 Å². The molecule has 2 heterocycles. The molecule has 0 unspecified atom stereocenters. The number of benzene rings is 1. The molecule has 0 fully saturated rings. The first kappa shape index (κ1) is 17.1. The third kappa shape index (κ3) is 3.52. The molecule has 0 atom stereocenters. The summed E-state index contributed by atoms with van der Waals surface area (Å²) in [6.45, 7) is 6.36. The van der Waals surface area contributed by atoms with Gasteiger partial charge in [-0.25, -0.2) is 4.79 Å². The predicted molar refractivity (Wildman–Crippen MR) is 94.6 cm³/mol. The van der Waals surface area contributed by atoms with E-state index < -0.39 is 11.5 Å². The molecule has 1 aromatic heterocycles. The zero-order valence-corrected chi connectivity index (χ0v) is 14.8. The second kappa shape index (κ2) is 6.27. The summed E-state index contributed by atoms with van der Waals surface area (Å²) in [7, 11) is 0. The van der Waals surface area contributed by atoms with E-state index in [4.69, 9.17) is 10.5 Å².